The topological polar surface area (TPSA) is 54.5 Å². The molecule has 2 heterocycles. The van der Waals surface area contributed by atoms with Crippen molar-refractivity contribution in [3.8, 4) is 0 Å². The van der Waals surface area contributed by atoms with Crippen LogP contribution < -0.4 is 5.32 Å². The van der Waals surface area contributed by atoms with Crippen LogP contribution in [-0.2, 0) is 16.1 Å². The van der Waals surface area contributed by atoms with Gasteiger partial charge in [-0.05, 0) is 29.8 Å². The summed E-state index contributed by atoms with van der Waals surface area (Å²) >= 11 is 0. The second-order valence-electron chi connectivity index (χ2n) is 5.74. The van der Waals surface area contributed by atoms with Gasteiger partial charge in [-0.3, -0.25) is 14.7 Å². The zero-order valence-electron chi connectivity index (χ0n) is 13.3. The number of carbonyl (C=O) groups excluding carboxylic acids is 1. The number of nitrogens with one attached hydrogen (secondary N) is 1. The van der Waals surface area contributed by atoms with Gasteiger partial charge in [0.15, 0.2) is 0 Å². The van der Waals surface area contributed by atoms with Crippen LogP contribution in [0, 0.1) is 5.82 Å². The lowest BCUT2D eigenvalue weighted by Gasteiger charge is -2.32. The van der Waals surface area contributed by atoms with Gasteiger partial charge >= 0.3 is 0 Å². The molecule has 24 heavy (non-hydrogen) atoms. The van der Waals surface area contributed by atoms with E-state index < -0.39 is 0 Å². The maximum absolute atomic E-state index is 13.0. The van der Waals surface area contributed by atoms with Crippen LogP contribution in [0.5, 0.6) is 0 Å². The van der Waals surface area contributed by atoms with Gasteiger partial charge in [0.1, 0.15) is 5.82 Å². The summed E-state index contributed by atoms with van der Waals surface area (Å²) in [6, 6.07) is 11.9. The molecule has 0 saturated carbocycles. The van der Waals surface area contributed by atoms with Crippen molar-refractivity contribution in [3.05, 3.63) is 65.7 Å². The third kappa shape index (κ3) is 4.59. The van der Waals surface area contributed by atoms with Crippen molar-refractivity contribution < 1.29 is 13.9 Å². The Morgan fingerprint density at radius 2 is 2.12 bits per heavy atom. The summed E-state index contributed by atoms with van der Waals surface area (Å²) in [7, 11) is 0. The lowest BCUT2D eigenvalue weighted by molar-refractivity contribution is -0.124. The molecule has 6 heteroatoms. The van der Waals surface area contributed by atoms with Gasteiger partial charge in [0, 0.05) is 19.3 Å². The number of amides is 1. The van der Waals surface area contributed by atoms with Crippen LogP contribution in [0.25, 0.3) is 0 Å². The lowest BCUT2D eigenvalue weighted by Crippen LogP contribution is -2.44. The van der Waals surface area contributed by atoms with Crippen molar-refractivity contribution in [2.75, 3.05) is 26.2 Å². The zero-order chi connectivity index (χ0) is 16.8. The van der Waals surface area contributed by atoms with Crippen LogP contribution in [0.1, 0.15) is 17.4 Å². The zero-order valence-corrected chi connectivity index (χ0v) is 13.3. The molecule has 1 saturated heterocycles. The molecule has 126 valence electrons. The molecule has 1 amide bonds. The molecular weight excluding hydrogens is 309 g/mol. The maximum Gasteiger partial charge on any atom is 0.234 e. The predicted molar refractivity (Wildman–Crippen MR) is 87.6 cm³/mol. The van der Waals surface area contributed by atoms with Crippen LogP contribution in [0.15, 0.2) is 48.7 Å². The first-order valence-electron chi connectivity index (χ1n) is 7.97. The normalized spacial score (nSPS) is 18.3. The number of hydrogen-bond acceptors (Lipinski definition) is 4. The second-order valence-corrected chi connectivity index (χ2v) is 5.74. The van der Waals surface area contributed by atoms with E-state index in [-0.39, 0.29) is 17.8 Å². The fourth-order valence-corrected chi connectivity index (χ4v) is 2.68. The number of hydrogen-bond donors (Lipinski definition) is 1. The van der Waals surface area contributed by atoms with Crippen molar-refractivity contribution in [1.29, 1.82) is 0 Å². The van der Waals surface area contributed by atoms with E-state index in [1.54, 1.807) is 18.3 Å². The highest BCUT2D eigenvalue weighted by Crippen LogP contribution is 2.22. The third-order valence-corrected chi connectivity index (χ3v) is 3.95. The minimum Gasteiger partial charge on any atom is -0.371 e. The van der Waals surface area contributed by atoms with E-state index in [4.69, 9.17) is 4.74 Å². The number of morpholine rings is 1. The molecule has 1 atom stereocenters. The predicted octanol–water partition coefficient (Wildman–Crippen LogP) is 1.91. The van der Waals surface area contributed by atoms with E-state index in [1.165, 1.54) is 12.1 Å². The van der Waals surface area contributed by atoms with E-state index >= 15 is 0 Å². The smallest absolute Gasteiger partial charge is 0.234 e. The molecule has 1 fully saturated rings. The molecule has 3 rings (SSSR count). The Hall–Kier alpha value is -2.31. The van der Waals surface area contributed by atoms with Gasteiger partial charge in [-0.15, -0.1) is 0 Å². The molecule has 0 aliphatic carbocycles. The van der Waals surface area contributed by atoms with Crippen LogP contribution in [0.3, 0.4) is 0 Å². The van der Waals surface area contributed by atoms with E-state index in [1.807, 2.05) is 23.1 Å². The van der Waals surface area contributed by atoms with Crippen LogP contribution in [0.4, 0.5) is 4.39 Å². The number of ether oxygens (including phenoxy) is 1. The lowest BCUT2D eigenvalue weighted by atomic mass is 10.1. The Labute approximate surface area is 140 Å². The van der Waals surface area contributed by atoms with E-state index in [9.17, 15) is 9.18 Å². The summed E-state index contributed by atoms with van der Waals surface area (Å²) in [5, 5.41) is 2.87. The van der Waals surface area contributed by atoms with Gasteiger partial charge in [-0.1, -0.05) is 18.2 Å². The Balaban J connectivity index is 1.49. The van der Waals surface area contributed by atoms with Crippen molar-refractivity contribution in [3.63, 3.8) is 0 Å². The van der Waals surface area contributed by atoms with Crippen LogP contribution in [-0.4, -0.2) is 42.0 Å². The monoisotopic (exact) mass is 329 g/mol. The van der Waals surface area contributed by atoms with E-state index in [2.05, 4.69) is 10.3 Å². The molecule has 1 unspecified atom stereocenters. The molecule has 1 aromatic carbocycles. The highest BCUT2D eigenvalue weighted by atomic mass is 19.1. The molecule has 5 nitrogen and oxygen atoms in total. The number of nitrogens with zero attached hydrogens (tertiary/aromatic N) is 2. The van der Waals surface area contributed by atoms with Gasteiger partial charge in [-0.25, -0.2) is 4.39 Å². The highest BCUT2D eigenvalue weighted by Gasteiger charge is 2.23. The van der Waals surface area contributed by atoms with Gasteiger partial charge < -0.3 is 10.1 Å². The van der Waals surface area contributed by atoms with Crippen molar-refractivity contribution in [2.24, 2.45) is 0 Å². The van der Waals surface area contributed by atoms with Crippen molar-refractivity contribution >= 4 is 5.91 Å². The Kier molecular flexibility index (Phi) is 5.51. The van der Waals surface area contributed by atoms with Crippen molar-refractivity contribution in [2.45, 2.75) is 12.6 Å². The largest absolute Gasteiger partial charge is 0.371 e. The minimum atomic E-state index is -0.264. The van der Waals surface area contributed by atoms with Crippen LogP contribution in [0.2, 0.25) is 0 Å². The molecule has 1 aromatic heterocycles. The average molecular weight is 329 g/mol. The van der Waals surface area contributed by atoms with E-state index in [0.717, 1.165) is 11.3 Å². The molecule has 0 spiro atoms. The SMILES string of the molecule is O=C(CN1CCOC(c2ccc(F)cc2)C1)NCc1ccccn1. The summed E-state index contributed by atoms with van der Waals surface area (Å²) < 4.78 is 18.8. The van der Waals surface area contributed by atoms with Gasteiger partial charge in [0.25, 0.3) is 0 Å². The molecule has 1 N–H and O–H groups in total. The maximum atomic E-state index is 13.0. The van der Waals surface area contributed by atoms with Gasteiger partial charge in [-0.2, -0.15) is 0 Å². The molecule has 0 bridgehead atoms. The Morgan fingerprint density at radius 3 is 2.88 bits per heavy atom. The standard InChI is InChI=1S/C18H20FN3O2/c19-15-6-4-14(5-7-15)17-12-22(9-10-24-17)13-18(23)21-11-16-3-1-2-8-20-16/h1-8,17H,9-13H2,(H,21,23). The number of halogens is 1. The fraction of sp³-hybridized carbons (Fsp3) is 0.333. The minimum absolute atomic E-state index is 0.0413. The van der Waals surface area contributed by atoms with Gasteiger partial charge in [0.2, 0.25) is 5.91 Å². The fourth-order valence-electron chi connectivity index (χ4n) is 2.68. The Bertz CT molecular complexity index is 664. The molecular formula is C18H20FN3O2. The van der Waals surface area contributed by atoms with Gasteiger partial charge in [0.05, 0.1) is 31.5 Å². The van der Waals surface area contributed by atoms with Crippen LogP contribution >= 0.6 is 0 Å². The number of carbonyl (C=O) groups is 1. The molecule has 1 aliphatic heterocycles. The number of rotatable bonds is 5. The highest BCUT2D eigenvalue weighted by molar-refractivity contribution is 5.77. The van der Waals surface area contributed by atoms with Crippen molar-refractivity contribution in [1.82, 2.24) is 15.2 Å². The quantitative estimate of drug-likeness (QED) is 0.910. The summed E-state index contributed by atoms with van der Waals surface area (Å²) in [4.78, 5) is 18.3. The summed E-state index contributed by atoms with van der Waals surface area (Å²) in [5.74, 6) is -0.305. The van der Waals surface area contributed by atoms with E-state index in [0.29, 0.717) is 32.8 Å². The summed E-state index contributed by atoms with van der Waals surface area (Å²) in [6.07, 6.45) is 1.57. The molecule has 1 aliphatic rings. The first-order valence-corrected chi connectivity index (χ1v) is 7.97. The first kappa shape index (κ1) is 16.5. The second kappa shape index (κ2) is 7.99. The molecule has 0 radical (unpaired) electrons. The number of benzene rings is 1. The summed E-state index contributed by atoms with van der Waals surface area (Å²) in [6.45, 7) is 2.60. The Morgan fingerprint density at radius 1 is 1.29 bits per heavy atom. The summed E-state index contributed by atoms with van der Waals surface area (Å²) in [5.41, 5.74) is 1.76. The third-order valence-electron chi connectivity index (χ3n) is 3.95. The number of pyridine rings is 1. The first-order chi connectivity index (χ1) is 11.7. The molecule has 2 aromatic rings. The average Bonchev–Trinajstić information content (AvgIpc) is 2.62. The number of aromatic nitrogens is 1.